The molecule has 2 N–H and O–H groups in total. The van der Waals surface area contributed by atoms with E-state index >= 15 is 0 Å². The first kappa shape index (κ1) is 12.9. The van der Waals surface area contributed by atoms with Crippen molar-refractivity contribution in [3.8, 4) is 0 Å². The van der Waals surface area contributed by atoms with Crippen molar-refractivity contribution in [3.63, 3.8) is 0 Å². The molecule has 0 saturated carbocycles. The second-order valence-corrected chi connectivity index (χ2v) is 6.68. The molecule has 3 aliphatic heterocycles. The predicted molar refractivity (Wildman–Crippen MR) is 70.8 cm³/mol. The number of nitrogens with one attached hydrogen (secondary N) is 2. The lowest BCUT2D eigenvalue weighted by molar-refractivity contribution is 0.0304. The van der Waals surface area contributed by atoms with Gasteiger partial charge in [0.2, 0.25) is 0 Å². The quantitative estimate of drug-likeness (QED) is 0.734. The van der Waals surface area contributed by atoms with Gasteiger partial charge in [-0.05, 0) is 20.8 Å². The van der Waals surface area contributed by atoms with Crippen molar-refractivity contribution in [1.82, 2.24) is 10.6 Å². The fraction of sp³-hybridized carbons (Fsp3) is 0.786. The summed E-state index contributed by atoms with van der Waals surface area (Å²) in [5, 5.41) is 6.25. The second-order valence-electron chi connectivity index (χ2n) is 6.68. The van der Waals surface area contributed by atoms with Crippen molar-refractivity contribution in [2.75, 3.05) is 19.6 Å². The van der Waals surface area contributed by atoms with Crippen LogP contribution in [0.4, 0.5) is 4.79 Å². The van der Waals surface area contributed by atoms with Gasteiger partial charge in [0.1, 0.15) is 11.2 Å². The summed E-state index contributed by atoms with van der Waals surface area (Å²) < 4.78 is 11.3. The SMILES string of the molecule is CC(C)(C)OC(=O)NCC1C2C=CC3(CNCC13)O2. The average molecular weight is 266 g/mol. The van der Waals surface area contributed by atoms with Crippen molar-refractivity contribution in [1.29, 1.82) is 0 Å². The van der Waals surface area contributed by atoms with Crippen LogP contribution in [0.15, 0.2) is 12.2 Å². The molecule has 19 heavy (non-hydrogen) atoms. The van der Waals surface area contributed by atoms with Crippen LogP contribution in [0.5, 0.6) is 0 Å². The van der Waals surface area contributed by atoms with Crippen LogP contribution in [0.2, 0.25) is 0 Å². The van der Waals surface area contributed by atoms with E-state index in [-0.39, 0.29) is 17.8 Å². The lowest BCUT2D eigenvalue weighted by Gasteiger charge is -2.27. The lowest BCUT2D eigenvalue weighted by Crippen LogP contribution is -2.41. The minimum atomic E-state index is -0.453. The fourth-order valence-corrected chi connectivity index (χ4v) is 3.37. The summed E-state index contributed by atoms with van der Waals surface area (Å²) in [7, 11) is 0. The summed E-state index contributed by atoms with van der Waals surface area (Å²) in [5.41, 5.74) is -0.573. The number of fused-ring (bicyclic) bond motifs is 1. The van der Waals surface area contributed by atoms with E-state index in [2.05, 4.69) is 22.8 Å². The zero-order valence-electron chi connectivity index (χ0n) is 11.7. The van der Waals surface area contributed by atoms with E-state index < -0.39 is 5.60 Å². The number of hydrogen-bond acceptors (Lipinski definition) is 4. The van der Waals surface area contributed by atoms with Gasteiger partial charge >= 0.3 is 6.09 Å². The maximum Gasteiger partial charge on any atom is 0.407 e. The average Bonchev–Trinajstić information content (AvgIpc) is 2.92. The zero-order chi connectivity index (χ0) is 13.7. The zero-order valence-corrected chi connectivity index (χ0v) is 11.7. The molecule has 5 heteroatoms. The molecule has 5 nitrogen and oxygen atoms in total. The Kier molecular flexibility index (Phi) is 2.87. The molecule has 2 fully saturated rings. The smallest absolute Gasteiger partial charge is 0.407 e. The molecule has 4 unspecified atom stereocenters. The number of hydrogen-bond donors (Lipinski definition) is 2. The van der Waals surface area contributed by atoms with Crippen molar-refractivity contribution >= 4 is 6.09 Å². The minimum absolute atomic E-state index is 0.120. The standard InChI is InChI=1S/C14H22N2O3/c1-13(2,3)19-12(17)16-6-9-10-7-15-8-14(10)5-4-11(9)18-14/h4-5,9-11,15H,6-8H2,1-3H3,(H,16,17). The molecule has 106 valence electrons. The van der Waals surface area contributed by atoms with Crippen molar-refractivity contribution < 1.29 is 14.3 Å². The van der Waals surface area contributed by atoms with Gasteiger partial charge < -0.3 is 20.1 Å². The molecule has 0 aromatic heterocycles. The molecular formula is C14H22N2O3. The van der Waals surface area contributed by atoms with Gasteiger partial charge in [-0.1, -0.05) is 12.2 Å². The van der Waals surface area contributed by atoms with Crippen LogP contribution in [-0.2, 0) is 9.47 Å². The molecule has 0 aromatic carbocycles. The van der Waals surface area contributed by atoms with Gasteiger partial charge in [-0.15, -0.1) is 0 Å². The fourth-order valence-electron chi connectivity index (χ4n) is 3.37. The molecule has 3 aliphatic rings. The first-order chi connectivity index (χ1) is 8.90. The topological polar surface area (TPSA) is 59.6 Å². The number of ether oxygens (including phenoxy) is 2. The Labute approximate surface area is 113 Å². The Bertz CT molecular complexity index is 415. The molecule has 3 rings (SSSR count). The highest BCUT2D eigenvalue weighted by atomic mass is 16.6. The van der Waals surface area contributed by atoms with Crippen LogP contribution < -0.4 is 10.6 Å². The Morgan fingerprint density at radius 2 is 2.37 bits per heavy atom. The van der Waals surface area contributed by atoms with Gasteiger partial charge in [0.25, 0.3) is 0 Å². The third kappa shape index (κ3) is 2.25. The Morgan fingerprint density at radius 1 is 1.58 bits per heavy atom. The van der Waals surface area contributed by atoms with E-state index in [0.29, 0.717) is 18.4 Å². The van der Waals surface area contributed by atoms with Crippen molar-refractivity contribution in [3.05, 3.63) is 12.2 Å². The van der Waals surface area contributed by atoms with Crippen LogP contribution in [0.3, 0.4) is 0 Å². The summed E-state index contributed by atoms with van der Waals surface area (Å²) >= 11 is 0. The first-order valence-corrected chi connectivity index (χ1v) is 6.94. The molecule has 2 bridgehead atoms. The normalized spacial score (nSPS) is 39.4. The largest absolute Gasteiger partial charge is 0.444 e. The van der Waals surface area contributed by atoms with E-state index in [1.165, 1.54) is 0 Å². The van der Waals surface area contributed by atoms with Crippen LogP contribution in [-0.4, -0.2) is 43.0 Å². The second kappa shape index (κ2) is 4.21. The monoisotopic (exact) mass is 266 g/mol. The molecule has 0 radical (unpaired) electrons. The van der Waals surface area contributed by atoms with E-state index in [0.717, 1.165) is 13.1 Å². The predicted octanol–water partition coefficient (Wildman–Crippen LogP) is 1.05. The van der Waals surface area contributed by atoms with Crippen LogP contribution >= 0.6 is 0 Å². The maximum absolute atomic E-state index is 11.7. The molecule has 1 amide bonds. The molecule has 0 aliphatic carbocycles. The summed E-state index contributed by atoms with van der Waals surface area (Å²) in [4.78, 5) is 11.7. The van der Waals surface area contributed by atoms with E-state index in [9.17, 15) is 4.79 Å². The molecule has 2 saturated heterocycles. The maximum atomic E-state index is 11.7. The summed E-state index contributed by atoms with van der Waals surface area (Å²) in [6, 6.07) is 0. The van der Waals surface area contributed by atoms with Gasteiger partial charge in [-0.2, -0.15) is 0 Å². The van der Waals surface area contributed by atoms with E-state index in [4.69, 9.17) is 9.47 Å². The Morgan fingerprint density at radius 3 is 3.11 bits per heavy atom. The van der Waals surface area contributed by atoms with Crippen molar-refractivity contribution in [2.24, 2.45) is 11.8 Å². The third-order valence-corrected chi connectivity index (χ3v) is 4.14. The highest BCUT2D eigenvalue weighted by molar-refractivity contribution is 5.67. The molecule has 0 aromatic rings. The third-order valence-electron chi connectivity index (χ3n) is 4.14. The summed E-state index contributed by atoms with van der Waals surface area (Å²) in [6.45, 7) is 8.05. The number of amides is 1. The summed E-state index contributed by atoms with van der Waals surface area (Å²) in [6.07, 6.45) is 4.11. The minimum Gasteiger partial charge on any atom is -0.444 e. The first-order valence-electron chi connectivity index (χ1n) is 6.94. The number of carbonyl (C=O) groups is 1. The van der Waals surface area contributed by atoms with E-state index in [1.54, 1.807) is 0 Å². The molecule has 3 heterocycles. The number of carbonyl (C=O) groups excluding carboxylic acids is 1. The molecular weight excluding hydrogens is 244 g/mol. The van der Waals surface area contributed by atoms with Crippen LogP contribution in [0, 0.1) is 11.8 Å². The van der Waals surface area contributed by atoms with Gasteiger partial charge in [0.05, 0.1) is 6.10 Å². The Balaban J connectivity index is 1.57. The Hall–Kier alpha value is -1.07. The number of rotatable bonds is 2. The molecule has 1 spiro atoms. The van der Waals surface area contributed by atoms with Crippen LogP contribution in [0.1, 0.15) is 20.8 Å². The summed E-state index contributed by atoms with van der Waals surface area (Å²) in [5.74, 6) is 0.796. The van der Waals surface area contributed by atoms with Gasteiger partial charge in [-0.25, -0.2) is 4.79 Å². The highest BCUT2D eigenvalue weighted by Crippen LogP contribution is 2.48. The van der Waals surface area contributed by atoms with E-state index in [1.807, 2.05) is 20.8 Å². The van der Waals surface area contributed by atoms with Gasteiger partial charge in [0.15, 0.2) is 0 Å². The molecule has 4 atom stereocenters. The lowest BCUT2D eigenvalue weighted by atomic mass is 9.77. The van der Waals surface area contributed by atoms with Gasteiger partial charge in [-0.3, -0.25) is 0 Å². The van der Waals surface area contributed by atoms with Crippen LogP contribution in [0.25, 0.3) is 0 Å². The highest BCUT2D eigenvalue weighted by Gasteiger charge is 2.58. The number of alkyl carbamates (subject to hydrolysis) is 1. The van der Waals surface area contributed by atoms with Crippen molar-refractivity contribution in [2.45, 2.75) is 38.1 Å². The van der Waals surface area contributed by atoms with Gasteiger partial charge in [0, 0.05) is 31.5 Å².